The summed E-state index contributed by atoms with van der Waals surface area (Å²) in [7, 11) is 0. The van der Waals surface area contributed by atoms with Crippen molar-refractivity contribution in [3.05, 3.63) is 30.2 Å². The van der Waals surface area contributed by atoms with Gasteiger partial charge in [-0.15, -0.1) is 11.3 Å². The normalized spacial score (nSPS) is 16.0. The van der Waals surface area contributed by atoms with E-state index in [1.807, 2.05) is 0 Å². The highest BCUT2D eigenvalue weighted by molar-refractivity contribution is 14.1. The van der Waals surface area contributed by atoms with E-state index in [0.717, 1.165) is 20.7 Å². The molecule has 0 bridgehead atoms. The Bertz CT molecular complexity index is 648. The molecule has 5 heteroatoms. The third-order valence-corrected chi connectivity index (χ3v) is 6.48. The predicted molar refractivity (Wildman–Crippen MR) is 93.8 cm³/mol. The lowest BCUT2D eigenvalue weighted by molar-refractivity contribution is 0.690. The van der Waals surface area contributed by atoms with E-state index in [1.54, 1.807) is 11.3 Å². The maximum atomic E-state index is 6.35. The zero-order valence-corrected chi connectivity index (χ0v) is 15.3. The molecule has 0 saturated heterocycles. The molecule has 0 aromatic carbocycles. The van der Waals surface area contributed by atoms with Crippen LogP contribution in [-0.2, 0) is 0 Å². The van der Waals surface area contributed by atoms with Gasteiger partial charge in [-0.2, -0.15) is 0 Å². The average molecular weight is 419 g/mol. The zero-order chi connectivity index (χ0) is 14.3. The third kappa shape index (κ3) is 2.74. The highest BCUT2D eigenvalue weighted by atomic mass is 127. The van der Waals surface area contributed by atoms with E-state index in [0.29, 0.717) is 11.1 Å². The Balaban J connectivity index is 2.10. The topological polar surface area (TPSA) is 25.8 Å². The van der Waals surface area contributed by atoms with Crippen molar-refractivity contribution >= 4 is 45.5 Å². The van der Waals surface area contributed by atoms with Crippen molar-refractivity contribution in [2.75, 3.05) is 0 Å². The summed E-state index contributed by atoms with van der Waals surface area (Å²) >= 11 is 10.4. The molecule has 0 atom stereocenters. The van der Waals surface area contributed by atoms with E-state index >= 15 is 0 Å². The van der Waals surface area contributed by atoms with Crippen LogP contribution in [0, 0.1) is 17.4 Å². The molecule has 2 aromatic rings. The van der Waals surface area contributed by atoms with Gasteiger partial charge in [0, 0.05) is 21.2 Å². The molecular weight excluding hydrogens is 403 g/mol. The number of halogens is 2. The van der Waals surface area contributed by atoms with Gasteiger partial charge in [-0.1, -0.05) is 24.4 Å². The van der Waals surface area contributed by atoms with Crippen molar-refractivity contribution in [3.63, 3.8) is 0 Å². The fraction of sp³-hybridized carbons (Fsp3) is 0.467. The predicted octanol–water partition coefficient (Wildman–Crippen LogP) is 5.74. The van der Waals surface area contributed by atoms with E-state index < -0.39 is 0 Å². The van der Waals surface area contributed by atoms with Crippen molar-refractivity contribution in [2.24, 2.45) is 0 Å². The largest absolute Gasteiger partial charge is 0.232 e. The first kappa shape index (κ1) is 14.7. The number of hydrogen-bond donors (Lipinski definition) is 0. The minimum Gasteiger partial charge on any atom is -0.232 e. The van der Waals surface area contributed by atoms with Crippen LogP contribution in [0.2, 0.25) is 5.15 Å². The molecule has 2 nitrogen and oxygen atoms in total. The van der Waals surface area contributed by atoms with Crippen LogP contribution in [-0.4, -0.2) is 9.97 Å². The quantitative estimate of drug-likeness (QED) is 0.459. The molecule has 1 aliphatic carbocycles. The second kappa shape index (κ2) is 5.89. The van der Waals surface area contributed by atoms with Gasteiger partial charge in [0.15, 0.2) is 5.82 Å². The summed E-state index contributed by atoms with van der Waals surface area (Å²) in [5.41, 5.74) is 2.28. The lowest BCUT2D eigenvalue weighted by atomic mass is 10.0. The smallest absolute Gasteiger partial charge is 0.162 e. The standard InChI is InChI=1S/C15H16ClIN2S/c1-8-7-11(9(2)20-8)15-18-13(10-5-3-4-6-10)12(17)14(16)19-15/h7,10H,3-6H2,1-2H3. The summed E-state index contributed by atoms with van der Waals surface area (Å²) in [5, 5.41) is 0.598. The van der Waals surface area contributed by atoms with Crippen LogP contribution < -0.4 is 0 Å². The number of rotatable bonds is 2. The van der Waals surface area contributed by atoms with Gasteiger partial charge in [0.05, 0.1) is 9.26 Å². The van der Waals surface area contributed by atoms with E-state index in [4.69, 9.17) is 16.6 Å². The van der Waals surface area contributed by atoms with Crippen LogP contribution in [0.1, 0.15) is 47.0 Å². The lowest BCUT2D eigenvalue weighted by Gasteiger charge is -2.13. The fourth-order valence-electron chi connectivity index (χ4n) is 2.88. The molecule has 20 heavy (non-hydrogen) atoms. The molecule has 0 amide bonds. The first-order valence-corrected chi connectivity index (χ1v) is 9.14. The summed E-state index contributed by atoms with van der Waals surface area (Å²) in [6.07, 6.45) is 5.05. The number of hydrogen-bond acceptors (Lipinski definition) is 3. The van der Waals surface area contributed by atoms with Crippen LogP contribution >= 0.6 is 45.5 Å². The Hall–Kier alpha value is -0.200. The number of nitrogens with zero attached hydrogens (tertiary/aromatic N) is 2. The monoisotopic (exact) mass is 418 g/mol. The van der Waals surface area contributed by atoms with Gasteiger partial charge in [-0.3, -0.25) is 0 Å². The van der Waals surface area contributed by atoms with Crippen LogP contribution in [0.15, 0.2) is 6.07 Å². The molecule has 0 aliphatic heterocycles. The zero-order valence-electron chi connectivity index (χ0n) is 11.5. The van der Waals surface area contributed by atoms with Crippen LogP contribution in [0.25, 0.3) is 11.4 Å². The van der Waals surface area contributed by atoms with E-state index in [9.17, 15) is 0 Å². The maximum Gasteiger partial charge on any atom is 0.162 e. The summed E-state index contributed by atoms with van der Waals surface area (Å²) in [6, 6.07) is 2.16. The minimum atomic E-state index is 0.557. The van der Waals surface area contributed by atoms with Gasteiger partial charge in [0.2, 0.25) is 0 Å². The Morgan fingerprint density at radius 1 is 1.25 bits per heavy atom. The van der Waals surface area contributed by atoms with Crippen molar-refractivity contribution < 1.29 is 0 Å². The van der Waals surface area contributed by atoms with E-state index in [2.05, 4.69) is 47.5 Å². The van der Waals surface area contributed by atoms with E-state index in [-0.39, 0.29) is 0 Å². The molecule has 0 N–H and O–H groups in total. The third-order valence-electron chi connectivity index (χ3n) is 3.86. The number of aryl methyl sites for hydroxylation is 2. The van der Waals surface area contributed by atoms with Gasteiger partial charge in [0.1, 0.15) is 5.15 Å². The first-order chi connectivity index (χ1) is 9.56. The van der Waals surface area contributed by atoms with Gasteiger partial charge < -0.3 is 0 Å². The van der Waals surface area contributed by atoms with Crippen molar-refractivity contribution in [2.45, 2.75) is 45.4 Å². The van der Waals surface area contributed by atoms with Crippen molar-refractivity contribution in [1.82, 2.24) is 9.97 Å². The molecule has 106 valence electrons. The summed E-state index contributed by atoms with van der Waals surface area (Å²) < 4.78 is 1.03. The summed E-state index contributed by atoms with van der Waals surface area (Å²) in [4.78, 5) is 11.9. The molecule has 3 rings (SSSR count). The van der Waals surface area contributed by atoms with Crippen LogP contribution in [0.5, 0.6) is 0 Å². The molecular formula is C15H16ClIN2S. The molecule has 0 spiro atoms. The minimum absolute atomic E-state index is 0.557. The SMILES string of the molecule is Cc1cc(-c2nc(Cl)c(I)c(C3CCCC3)n2)c(C)s1. The Labute approximate surface area is 142 Å². The van der Waals surface area contributed by atoms with E-state index in [1.165, 1.54) is 35.4 Å². The van der Waals surface area contributed by atoms with Crippen molar-refractivity contribution in [3.8, 4) is 11.4 Å². The van der Waals surface area contributed by atoms with Crippen LogP contribution in [0.3, 0.4) is 0 Å². The summed E-state index contributed by atoms with van der Waals surface area (Å²) in [5.74, 6) is 1.35. The Kier molecular flexibility index (Phi) is 4.34. The lowest BCUT2D eigenvalue weighted by Crippen LogP contribution is -2.04. The average Bonchev–Trinajstić information content (AvgIpc) is 3.02. The molecule has 2 aromatic heterocycles. The van der Waals surface area contributed by atoms with Gasteiger partial charge in [0.25, 0.3) is 0 Å². The van der Waals surface area contributed by atoms with Crippen LogP contribution in [0.4, 0.5) is 0 Å². The first-order valence-electron chi connectivity index (χ1n) is 6.86. The second-order valence-electron chi connectivity index (χ2n) is 5.35. The highest BCUT2D eigenvalue weighted by Gasteiger charge is 2.24. The molecule has 0 radical (unpaired) electrons. The number of thiophene rings is 1. The second-order valence-corrected chi connectivity index (χ2v) is 8.24. The molecule has 1 fully saturated rings. The highest BCUT2D eigenvalue weighted by Crippen LogP contribution is 2.38. The molecule has 2 heterocycles. The molecule has 1 saturated carbocycles. The molecule has 0 unspecified atom stereocenters. The van der Waals surface area contributed by atoms with Gasteiger partial charge >= 0.3 is 0 Å². The van der Waals surface area contributed by atoms with Gasteiger partial charge in [-0.05, 0) is 55.3 Å². The number of aromatic nitrogens is 2. The maximum absolute atomic E-state index is 6.35. The Morgan fingerprint density at radius 2 is 1.95 bits per heavy atom. The molecule has 1 aliphatic rings. The summed E-state index contributed by atoms with van der Waals surface area (Å²) in [6.45, 7) is 4.24. The fourth-order valence-corrected chi connectivity index (χ4v) is 4.66. The van der Waals surface area contributed by atoms with Gasteiger partial charge in [-0.25, -0.2) is 9.97 Å². The van der Waals surface area contributed by atoms with Crippen molar-refractivity contribution in [1.29, 1.82) is 0 Å². The Morgan fingerprint density at radius 3 is 2.55 bits per heavy atom.